The van der Waals surface area contributed by atoms with Crippen LogP contribution in [-0.4, -0.2) is 42.4 Å². The van der Waals surface area contributed by atoms with Crippen molar-refractivity contribution in [2.75, 3.05) is 13.7 Å². The van der Waals surface area contributed by atoms with Crippen LogP contribution in [0.15, 0.2) is 42.5 Å². The van der Waals surface area contributed by atoms with Crippen LogP contribution in [0.3, 0.4) is 0 Å². The van der Waals surface area contributed by atoms with Crippen molar-refractivity contribution in [1.29, 1.82) is 0 Å². The maximum absolute atomic E-state index is 12.6. The fourth-order valence-electron chi connectivity index (χ4n) is 3.04. The number of halogens is 1. The largest absolute Gasteiger partial charge is 0.493 e. The smallest absolute Gasteiger partial charge is 0.265 e. The molecule has 30 heavy (non-hydrogen) atoms. The Morgan fingerprint density at radius 2 is 1.90 bits per heavy atom. The van der Waals surface area contributed by atoms with Gasteiger partial charge in [-0.3, -0.25) is 24.7 Å². The van der Waals surface area contributed by atoms with E-state index in [1.165, 1.54) is 13.2 Å². The number of hydrogen-bond donors (Lipinski definition) is 2. The minimum atomic E-state index is -0.835. The van der Waals surface area contributed by atoms with E-state index in [4.69, 9.17) is 21.1 Å². The Morgan fingerprint density at radius 1 is 1.17 bits per heavy atom. The van der Waals surface area contributed by atoms with E-state index in [1.807, 2.05) is 6.92 Å². The first-order valence-electron chi connectivity index (χ1n) is 9.38. The summed E-state index contributed by atoms with van der Waals surface area (Å²) >= 11 is 5.86. The third-order valence-corrected chi connectivity index (χ3v) is 4.84. The van der Waals surface area contributed by atoms with Gasteiger partial charge in [0.05, 0.1) is 26.7 Å². The van der Waals surface area contributed by atoms with Gasteiger partial charge in [-0.2, -0.15) is 0 Å². The molecule has 0 aromatic heterocycles. The van der Waals surface area contributed by atoms with Crippen LogP contribution >= 0.6 is 11.6 Å². The Morgan fingerprint density at radius 3 is 2.57 bits per heavy atom. The average molecular weight is 432 g/mol. The molecule has 0 aliphatic carbocycles. The van der Waals surface area contributed by atoms with Crippen molar-refractivity contribution < 1.29 is 23.9 Å². The van der Waals surface area contributed by atoms with Gasteiger partial charge in [-0.15, -0.1) is 0 Å². The van der Waals surface area contributed by atoms with Crippen molar-refractivity contribution in [3.05, 3.63) is 58.6 Å². The van der Waals surface area contributed by atoms with E-state index in [9.17, 15) is 14.4 Å². The fourth-order valence-corrected chi connectivity index (χ4v) is 3.17. The zero-order valence-corrected chi connectivity index (χ0v) is 17.4. The number of methoxy groups -OCH3 is 1. The van der Waals surface area contributed by atoms with E-state index in [0.29, 0.717) is 28.7 Å². The highest BCUT2D eigenvalue weighted by Gasteiger charge is 2.38. The topological polar surface area (TPSA) is 97.0 Å². The molecule has 0 unspecified atom stereocenters. The maximum atomic E-state index is 12.6. The number of rotatable bonds is 8. The Balaban J connectivity index is 1.60. The van der Waals surface area contributed by atoms with Gasteiger partial charge in [-0.25, -0.2) is 5.43 Å². The number of imide groups is 1. The molecule has 0 bridgehead atoms. The molecular weight excluding hydrogens is 410 g/mol. The summed E-state index contributed by atoms with van der Waals surface area (Å²) in [6.45, 7) is 2.46. The van der Waals surface area contributed by atoms with Gasteiger partial charge in [0.2, 0.25) is 11.8 Å². The second kappa shape index (κ2) is 9.60. The molecule has 1 atom stereocenters. The molecule has 2 aromatic carbocycles. The summed E-state index contributed by atoms with van der Waals surface area (Å²) in [6.07, 6.45) is -0.0424. The van der Waals surface area contributed by atoms with Crippen LogP contribution in [-0.2, 0) is 16.1 Å². The number of benzene rings is 2. The molecule has 1 aliphatic heterocycles. The number of nitrogens with zero attached hydrogens (tertiary/aromatic N) is 1. The van der Waals surface area contributed by atoms with Crippen molar-refractivity contribution in [2.24, 2.45) is 0 Å². The minimum Gasteiger partial charge on any atom is -0.493 e. The summed E-state index contributed by atoms with van der Waals surface area (Å²) in [5, 5.41) is 0.575. The lowest BCUT2D eigenvalue weighted by Crippen LogP contribution is -2.48. The summed E-state index contributed by atoms with van der Waals surface area (Å²) in [5.74, 6) is -0.235. The van der Waals surface area contributed by atoms with Crippen LogP contribution in [0.1, 0.15) is 29.3 Å². The van der Waals surface area contributed by atoms with E-state index in [1.54, 1.807) is 36.4 Å². The number of hydrazine groups is 1. The van der Waals surface area contributed by atoms with Crippen molar-refractivity contribution in [1.82, 2.24) is 15.8 Å². The van der Waals surface area contributed by atoms with Gasteiger partial charge in [0.1, 0.15) is 6.04 Å². The molecular formula is C21H22ClN3O5. The van der Waals surface area contributed by atoms with Crippen LogP contribution in [0.5, 0.6) is 11.5 Å². The molecule has 0 saturated carbocycles. The molecule has 3 rings (SSSR count). The Labute approximate surface area is 179 Å². The molecule has 0 spiro atoms. The van der Waals surface area contributed by atoms with Crippen LogP contribution < -0.4 is 20.3 Å². The van der Waals surface area contributed by atoms with Crippen LogP contribution in [0, 0.1) is 0 Å². The first-order chi connectivity index (χ1) is 14.4. The number of hydrogen-bond acceptors (Lipinski definition) is 6. The van der Waals surface area contributed by atoms with Gasteiger partial charge >= 0.3 is 0 Å². The van der Waals surface area contributed by atoms with E-state index in [-0.39, 0.29) is 18.9 Å². The first kappa shape index (κ1) is 21.6. The van der Waals surface area contributed by atoms with Crippen LogP contribution in [0.2, 0.25) is 5.02 Å². The lowest BCUT2D eigenvalue weighted by atomic mass is 10.2. The van der Waals surface area contributed by atoms with Crippen molar-refractivity contribution >= 4 is 29.3 Å². The fraction of sp³-hybridized carbons (Fsp3) is 0.286. The van der Waals surface area contributed by atoms with E-state index >= 15 is 0 Å². The lowest BCUT2D eigenvalue weighted by molar-refractivity contribution is -0.139. The highest BCUT2D eigenvalue weighted by Crippen LogP contribution is 2.28. The van der Waals surface area contributed by atoms with Crippen molar-refractivity contribution in [3.63, 3.8) is 0 Å². The standard InChI is InChI=1S/C21H22ClN3O5/c1-3-30-17-9-6-14(10-18(17)29-2)20(27)24-23-16-11-19(26)25(21(16)28)12-13-4-7-15(22)8-5-13/h4-10,16,23H,3,11-12H2,1-2H3,(H,24,27)/t16-/m0/s1. The number of carbonyl (C=O) groups is 3. The quantitative estimate of drug-likeness (QED) is 0.491. The second-order valence-corrected chi connectivity index (χ2v) is 7.03. The SMILES string of the molecule is CCOc1ccc(C(=O)NN[C@H]2CC(=O)N(Cc3ccc(Cl)cc3)C2=O)cc1OC. The molecule has 158 valence electrons. The monoisotopic (exact) mass is 431 g/mol. The maximum Gasteiger partial charge on any atom is 0.265 e. The van der Waals surface area contributed by atoms with Gasteiger partial charge in [0, 0.05) is 10.6 Å². The van der Waals surface area contributed by atoms with E-state index in [0.717, 1.165) is 10.5 Å². The Kier molecular flexibility index (Phi) is 6.91. The van der Waals surface area contributed by atoms with Gasteiger partial charge < -0.3 is 9.47 Å². The molecule has 1 heterocycles. The highest BCUT2D eigenvalue weighted by atomic mass is 35.5. The van der Waals surface area contributed by atoms with Gasteiger partial charge in [-0.1, -0.05) is 23.7 Å². The lowest BCUT2D eigenvalue weighted by Gasteiger charge is -2.16. The number of amides is 3. The molecule has 1 fully saturated rings. The molecule has 9 heteroatoms. The van der Waals surface area contributed by atoms with Crippen LogP contribution in [0.25, 0.3) is 0 Å². The summed E-state index contributed by atoms with van der Waals surface area (Å²) in [7, 11) is 1.48. The number of carbonyl (C=O) groups excluding carboxylic acids is 3. The number of likely N-dealkylation sites (tertiary alicyclic amines) is 1. The number of ether oxygens (including phenoxy) is 2. The molecule has 1 saturated heterocycles. The van der Waals surface area contributed by atoms with E-state index < -0.39 is 17.9 Å². The molecule has 1 aliphatic rings. The zero-order chi connectivity index (χ0) is 21.7. The second-order valence-electron chi connectivity index (χ2n) is 6.60. The van der Waals surface area contributed by atoms with Crippen molar-refractivity contribution in [3.8, 4) is 11.5 Å². The third kappa shape index (κ3) is 4.90. The van der Waals surface area contributed by atoms with Gasteiger partial charge in [-0.05, 0) is 42.8 Å². The van der Waals surface area contributed by atoms with Gasteiger partial charge in [0.15, 0.2) is 11.5 Å². The summed E-state index contributed by atoms with van der Waals surface area (Å²) < 4.78 is 10.7. The molecule has 0 radical (unpaired) electrons. The molecule has 2 aromatic rings. The number of nitrogens with one attached hydrogen (secondary N) is 2. The van der Waals surface area contributed by atoms with Crippen LogP contribution in [0.4, 0.5) is 0 Å². The summed E-state index contributed by atoms with van der Waals surface area (Å²) in [6, 6.07) is 10.8. The van der Waals surface area contributed by atoms with E-state index in [2.05, 4.69) is 10.9 Å². The predicted molar refractivity (Wildman–Crippen MR) is 110 cm³/mol. The minimum absolute atomic E-state index is 0.0424. The molecule has 8 nitrogen and oxygen atoms in total. The molecule has 2 N–H and O–H groups in total. The molecule has 3 amide bonds. The average Bonchev–Trinajstić information content (AvgIpc) is 3.01. The normalized spacial score (nSPS) is 16.0. The third-order valence-electron chi connectivity index (χ3n) is 4.58. The highest BCUT2D eigenvalue weighted by molar-refractivity contribution is 6.30. The Bertz CT molecular complexity index is 948. The summed E-state index contributed by atoms with van der Waals surface area (Å²) in [5.41, 5.74) is 6.24. The van der Waals surface area contributed by atoms with Gasteiger partial charge in [0.25, 0.3) is 5.91 Å². The summed E-state index contributed by atoms with van der Waals surface area (Å²) in [4.78, 5) is 38.4. The Hall–Kier alpha value is -3.10. The first-order valence-corrected chi connectivity index (χ1v) is 9.76. The predicted octanol–water partition coefficient (Wildman–Crippen LogP) is 2.31. The zero-order valence-electron chi connectivity index (χ0n) is 16.6. The van der Waals surface area contributed by atoms with Crippen molar-refractivity contribution in [2.45, 2.75) is 25.9 Å².